The monoisotopic (exact) mass is 347 g/mol. The van der Waals surface area contributed by atoms with E-state index in [9.17, 15) is 4.79 Å². The van der Waals surface area contributed by atoms with Gasteiger partial charge in [-0.15, -0.1) is 5.10 Å². The summed E-state index contributed by atoms with van der Waals surface area (Å²) in [4.78, 5) is 14.4. The van der Waals surface area contributed by atoms with Crippen LogP contribution in [0.4, 0.5) is 0 Å². The Kier molecular flexibility index (Phi) is 5.09. The summed E-state index contributed by atoms with van der Waals surface area (Å²) in [7, 11) is 0. The van der Waals surface area contributed by atoms with Gasteiger partial charge < -0.3 is 9.64 Å². The molecule has 0 bridgehead atoms. The van der Waals surface area contributed by atoms with E-state index < -0.39 is 6.10 Å². The van der Waals surface area contributed by atoms with Crippen LogP contribution in [0.25, 0.3) is 5.69 Å². The van der Waals surface area contributed by atoms with Crippen LogP contribution in [0, 0.1) is 5.92 Å². The average molecular weight is 348 g/mol. The fourth-order valence-electron chi connectivity index (χ4n) is 2.99. The van der Waals surface area contributed by atoms with E-state index in [4.69, 9.17) is 16.3 Å². The van der Waals surface area contributed by atoms with Gasteiger partial charge in [-0.3, -0.25) is 4.79 Å². The largest absolute Gasteiger partial charge is 0.462 e. The lowest BCUT2D eigenvalue weighted by molar-refractivity contribution is -0.139. The van der Waals surface area contributed by atoms with Gasteiger partial charge in [0.2, 0.25) is 0 Å². The number of hydrogen-bond donors (Lipinski definition) is 0. The predicted octanol–water partition coefficient (Wildman–Crippen LogP) is 3.55. The molecular weight excluding hydrogens is 326 g/mol. The van der Waals surface area contributed by atoms with E-state index in [0.717, 1.165) is 25.2 Å². The molecule has 1 fully saturated rings. The molecule has 1 aromatic carbocycles. The van der Waals surface area contributed by atoms with Gasteiger partial charge in [-0.25, -0.2) is 4.68 Å². The lowest BCUT2D eigenvalue weighted by Gasteiger charge is -2.32. The number of benzene rings is 1. The third kappa shape index (κ3) is 3.73. The summed E-state index contributed by atoms with van der Waals surface area (Å²) in [6.07, 6.45) is 3.30. The quantitative estimate of drug-likeness (QED) is 0.849. The number of amides is 1. The molecule has 0 N–H and O–H groups in total. The first-order valence-corrected chi connectivity index (χ1v) is 8.68. The van der Waals surface area contributed by atoms with E-state index >= 15 is 0 Å². The maximum atomic E-state index is 12.6. The highest BCUT2D eigenvalue weighted by atomic mass is 35.5. The molecule has 0 saturated carbocycles. The van der Waals surface area contributed by atoms with Gasteiger partial charge in [0, 0.05) is 13.1 Å². The third-order valence-electron chi connectivity index (χ3n) is 4.26. The van der Waals surface area contributed by atoms with E-state index in [1.165, 1.54) is 6.42 Å². The molecule has 2 unspecified atom stereocenters. The molecule has 1 amide bonds. The number of nitrogens with zero attached hydrogens (tertiary/aromatic N) is 3. The fraction of sp³-hybridized carbons (Fsp3) is 0.444. The van der Waals surface area contributed by atoms with Gasteiger partial charge in [-0.2, -0.15) is 0 Å². The zero-order valence-electron chi connectivity index (χ0n) is 14.0. The molecule has 1 aliphatic heterocycles. The first-order valence-electron chi connectivity index (χ1n) is 8.30. The van der Waals surface area contributed by atoms with Gasteiger partial charge in [0.15, 0.2) is 6.10 Å². The van der Waals surface area contributed by atoms with Crippen molar-refractivity contribution in [1.82, 2.24) is 14.7 Å². The molecule has 5 nitrogen and oxygen atoms in total. The summed E-state index contributed by atoms with van der Waals surface area (Å²) < 4.78 is 7.39. The van der Waals surface area contributed by atoms with Crippen LogP contribution in [0.5, 0.6) is 5.88 Å². The number of hydrogen-bond acceptors (Lipinski definition) is 3. The molecule has 0 spiro atoms. The molecule has 0 radical (unpaired) electrons. The zero-order chi connectivity index (χ0) is 17.1. The highest BCUT2D eigenvalue weighted by Crippen LogP contribution is 2.25. The molecule has 6 heteroatoms. The van der Waals surface area contributed by atoms with Crippen LogP contribution in [0.1, 0.15) is 26.7 Å². The third-order valence-corrected chi connectivity index (χ3v) is 4.52. The minimum atomic E-state index is -0.605. The van der Waals surface area contributed by atoms with Crippen LogP contribution in [0.15, 0.2) is 36.5 Å². The summed E-state index contributed by atoms with van der Waals surface area (Å²) >= 11 is 6.22. The molecular formula is C18H22ClN3O2. The van der Waals surface area contributed by atoms with E-state index in [2.05, 4.69) is 12.0 Å². The number of rotatable bonds is 4. The van der Waals surface area contributed by atoms with Crippen molar-refractivity contribution < 1.29 is 9.53 Å². The minimum Gasteiger partial charge on any atom is -0.462 e. The van der Waals surface area contributed by atoms with Crippen molar-refractivity contribution in [3.8, 4) is 11.6 Å². The van der Waals surface area contributed by atoms with Gasteiger partial charge in [-0.1, -0.05) is 36.7 Å². The molecule has 0 aliphatic carbocycles. The van der Waals surface area contributed by atoms with Gasteiger partial charge >= 0.3 is 0 Å². The number of aromatic nitrogens is 2. The van der Waals surface area contributed by atoms with Crippen molar-refractivity contribution in [2.45, 2.75) is 32.8 Å². The second-order valence-corrected chi connectivity index (χ2v) is 6.76. The molecule has 2 atom stereocenters. The molecule has 1 aromatic heterocycles. The van der Waals surface area contributed by atoms with Crippen molar-refractivity contribution in [2.75, 3.05) is 13.1 Å². The molecule has 1 aliphatic rings. The van der Waals surface area contributed by atoms with Crippen molar-refractivity contribution in [3.05, 3.63) is 41.6 Å². The Bertz CT molecular complexity index is 702. The van der Waals surface area contributed by atoms with Gasteiger partial charge in [-0.05, 0) is 37.8 Å². The van der Waals surface area contributed by atoms with Gasteiger partial charge in [0.1, 0.15) is 5.02 Å². The van der Waals surface area contributed by atoms with E-state index in [1.54, 1.807) is 17.8 Å². The average Bonchev–Trinajstić information content (AvgIpc) is 2.95. The van der Waals surface area contributed by atoms with Crippen LogP contribution in [0.2, 0.25) is 5.02 Å². The first-order chi connectivity index (χ1) is 11.5. The number of likely N-dealkylation sites (tertiary alicyclic amines) is 1. The number of ether oxygens (including phenoxy) is 1. The second-order valence-electron chi connectivity index (χ2n) is 6.35. The number of piperidine rings is 1. The second kappa shape index (κ2) is 7.26. The minimum absolute atomic E-state index is 0.00752. The Morgan fingerprint density at radius 3 is 2.83 bits per heavy atom. The van der Waals surface area contributed by atoms with Gasteiger partial charge in [0.05, 0.1) is 11.9 Å². The number of carbonyl (C=O) groups excluding carboxylic acids is 1. The SMILES string of the molecule is CC1CCCN(C(=O)C(C)Oc2nn(-c3ccccc3)cc2Cl)C1. The number of carbonyl (C=O) groups is 1. The summed E-state index contributed by atoms with van der Waals surface area (Å²) in [5, 5.41) is 4.75. The summed E-state index contributed by atoms with van der Waals surface area (Å²) in [6.45, 7) is 5.50. The zero-order valence-corrected chi connectivity index (χ0v) is 14.7. The highest BCUT2D eigenvalue weighted by molar-refractivity contribution is 6.31. The van der Waals surface area contributed by atoms with Crippen molar-refractivity contribution in [3.63, 3.8) is 0 Å². The lowest BCUT2D eigenvalue weighted by atomic mass is 10.00. The number of para-hydroxylation sites is 1. The van der Waals surface area contributed by atoms with Crippen LogP contribution >= 0.6 is 11.6 Å². The molecule has 24 heavy (non-hydrogen) atoms. The maximum absolute atomic E-state index is 12.6. The van der Waals surface area contributed by atoms with Crippen LogP contribution in [-0.4, -0.2) is 39.8 Å². The van der Waals surface area contributed by atoms with Crippen molar-refractivity contribution in [1.29, 1.82) is 0 Å². The Morgan fingerprint density at radius 1 is 1.38 bits per heavy atom. The highest BCUT2D eigenvalue weighted by Gasteiger charge is 2.27. The Labute approximate surface area is 147 Å². The van der Waals surface area contributed by atoms with E-state index in [0.29, 0.717) is 10.9 Å². The Hall–Kier alpha value is -2.01. The van der Waals surface area contributed by atoms with Crippen LogP contribution in [0.3, 0.4) is 0 Å². The maximum Gasteiger partial charge on any atom is 0.263 e. The van der Waals surface area contributed by atoms with Crippen molar-refractivity contribution >= 4 is 17.5 Å². The van der Waals surface area contributed by atoms with Gasteiger partial charge in [0.25, 0.3) is 11.8 Å². The van der Waals surface area contributed by atoms with Crippen LogP contribution in [-0.2, 0) is 4.79 Å². The summed E-state index contributed by atoms with van der Waals surface area (Å²) in [5.74, 6) is 0.814. The normalized spacial score (nSPS) is 19.1. The Balaban J connectivity index is 1.69. The number of halogens is 1. The molecule has 2 heterocycles. The molecule has 1 saturated heterocycles. The topological polar surface area (TPSA) is 47.4 Å². The van der Waals surface area contributed by atoms with E-state index in [1.807, 2.05) is 35.2 Å². The molecule has 2 aromatic rings. The standard InChI is InChI=1S/C18H22ClN3O2/c1-13-7-6-10-21(11-13)18(23)14(2)24-17-16(19)12-22(20-17)15-8-4-3-5-9-15/h3-5,8-9,12-14H,6-7,10-11H2,1-2H3. The predicted molar refractivity (Wildman–Crippen MR) is 93.6 cm³/mol. The molecule has 3 rings (SSSR count). The Morgan fingerprint density at radius 2 is 2.12 bits per heavy atom. The summed E-state index contributed by atoms with van der Waals surface area (Å²) in [6, 6.07) is 9.64. The molecule has 128 valence electrons. The first kappa shape index (κ1) is 16.8. The summed E-state index contributed by atoms with van der Waals surface area (Å²) in [5.41, 5.74) is 0.887. The lowest BCUT2D eigenvalue weighted by Crippen LogP contribution is -2.45. The van der Waals surface area contributed by atoms with Crippen molar-refractivity contribution in [2.24, 2.45) is 5.92 Å². The fourth-order valence-corrected chi connectivity index (χ4v) is 3.17. The van der Waals surface area contributed by atoms with E-state index in [-0.39, 0.29) is 11.8 Å². The smallest absolute Gasteiger partial charge is 0.263 e. The van der Waals surface area contributed by atoms with Crippen LogP contribution < -0.4 is 4.74 Å².